The van der Waals surface area contributed by atoms with Crippen LogP contribution in [0.5, 0.6) is 0 Å². The molecule has 1 aliphatic rings. The predicted molar refractivity (Wildman–Crippen MR) is 80.2 cm³/mol. The zero-order valence-corrected chi connectivity index (χ0v) is 13.0. The maximum absolute atomic E-state index is 12.6. The van der Waals surface area contributed by atoms with E-state index in [0.717, 1.165) is 0 Å². The van der Waals surface area contributed by atoms with E-state index in [1.54, 1.807) is 18.2 Å². The van der Waals surface area contributed by atoms with Gasteiger partial charge in [0.2, 0.25) is 5.91 Å². The molecule has 0 radical (unpaired) electrons. The van der Waals surface area contributed by atoms with Crippen molar-refractivity contribution < 1.29 is 9.59 Å². The smallest absolute Gasteiger partial charge is 0.250 e. The van der Waals surface area contributed by atoms with Gasteiger partial charge in [0.15, 0.2) is 0 Å². The van der Waals surface area contributed by atoms with Crippen molar-refractivity contribution in [1.82, 2.24) is 5.32 Å². The lowest BCUT2D eigenvalue weighted by Crippen LogP contribution is -2.62. The van der Waals surface area contributed by atoms with Crippen molar-refractivity contribution in [3.63, 3.8) is 0 Å². The monoisotopic (exact) mass is 314 g/mol. The van der Waals surface area contributed by atoms with E-state index in [2.05, 4.69) is 5.32 Å². The molecular formula is C14H16Cl2N2O2. The molecule has 20 heavy (non-hydrogen) atoms. The van der Waals surface area contributed by atoms with E-state index < -0.39 is 6.04 Å². The molecule has 1 saturated heterocycles. The third-order valence-electron chi connectivity index (χ3n) is 3.19. The highest BCUT2D eigenvalue weighted by molar-refractivity contribution is 6.36. The van der Waals surface area contributed by atoms with Crippen LogP contribution in [0.4, 0.5) is 5.69 Å². The van der Waals surface area contributed by atoms with E-state index in [4.69, 9.17) is 23.2 Å². The van der Waals surface area contributed by atoms with Gasteiger partial charge in [-0.2, -0.15) is 0 Å². The summed E-state index contributed by atoms with van der Waals surface area (Å²) in [6.07, 6.45) is 0. The number of hydrogen-bond donors (Lipinski definition) is 1. The first kappa shape index (κ1) is 15.1. The van der Waals surface area contributed by atoms with Gasteiger partial charge in [-0.15, -0.1) is 0 Å². The van der Waals surface area contributed by atoms with E-state index in [1.807, 2.05) is 20.8 Å². The first-order chi connectivity index (χ1) is 9.20. The highest BCUT2D eigenvalue weighted by Gasteiger charge is 2.40. The molecule has 0 spiro atoms. The molecule has 108 valence electrons. The highest BCUT2D eigenvalue weighted by Crippen LogP contribution is 2.32. The summed E-state index contributed by atoms with van der Waals surface area (Å²) in [4.78, 5) is 25.8. The molecule has 1 atom stereocenters. The van der Waals surface area contributed by atoms with Gasteiger partial charge in [-0.1, -0.05) is 44.0 Å². The second-order valence-electron chi connectivity index (χ2n) is 5.89. The number of rotatable bonds is 1. The molecular weight excluding hydrogens is 299 g/mol. The Morgan fingerprint density at radius 3 is 2.50 bits per heavy atom. The van der Waals surface area contributed by atoms with Crippen molar-refractivity contribution in [3.8, 4) is 0 Å². The van der Waals surface area contributed by atoms with E-state index in [1.165, 1.54) is 4.90 Å². The number of carbonyl (C=O) groups excluding carboxylic acids is 2. The van der Waals surface area contributed by atoms with Crippen molar-refractivity contribution in [2.75, 3.05) is 11.4 Å². The first-order valence-corrected chi connectivity index (χ1v) is 7.01. The van der Waals surface area contributed by atoms with Gasteiger partial charge in [-0.3, -0.25) is 14.5 Å². The summed E-state index contributed by atoms with van der Waals surface area (Å²) in [7, 11) is 0. The van der Waals surface area contributed by atoms with Crippen LogP contribution in [-0.2, 0) is 9.59 Å². The second-order valence-corrected chi connectivity index (χ2v) is 6.73. The molecule has 1 unspecified atom stereocenters. The van der Waals surface area contributed by atoms with Crippen LogP contribution in [0.15, 0.2) is 18.2 Å². The molecule has 6 heteroatoms. The van der Waals surface area contributed by atoms with Gasteiger partial charge in [0.1, 0.15) is 12.6 Å². The minimum absolute atomic E-state index is 0.0501. The number of benzene rings is 1. The van der Waals surface area contributed by atoms with E-state index >= 15 is 0 Å². The Bertz CT molecular complexity index is 567. The molecule has 1 heterocycles. The van der Waals surface area contributed by atoms with Crippen LogP contribution in [0, 0.1) is 5.41 Å². The number of hydrogen-bond acceptors (Lipinski definition) is 2. The largest absolute Gasteiger partial charge is 0.342 e. The zero-order valence-electron chi connectivity index (χ0n) is 11.5. The Morgan fingerprint density at radius 1 is 1.25 bits per heavy atom. The van der Waals surface area contributed by atoms with Crippen LogP contribution < -0.4 is 10.2 Å². The van der Waals surface area contributed by atoms with E-state index in [9.17, 15) is 9.59 Å². The summed E-state index contributed by atoms with van der Waals surface area (Å²) in [5.41, 5.74) is 0.0875. The number of piperazine rings is 1. The fraction of sp³-hybridized carbons (Fsp3) is 0.429. The fourth-order valence-electron chi connectivity index (χ4n) is 2.13. The molecule has 0 aromatic heterocycles. The van der Waals surface area contributed by atoms with Crippen LogP contribution in [0.25, 0.3) is 0 Å². The Balaban J connectivity index is 2.43. The number of halogens is 2. The summed E-state index contributed by atoms with van der Waals surface area (Å²) < 4.78 is 0. The SMILES string of the molecule is CC(C)(C)C1NC(=O)CN(c2cc(Cl)ccc2Cl)C1=O. The minimum Gasteiger partial charge on any atom is -0.342 e. The molecule has 0 aliphatic carbocycles. The van der Waals surface area contributed by atoms with E-state index in [-0.39, 0.29) is 23.8 Å². The molecule has 1 fully saturated rings. The minimum atomic E-state index is -0.584. The molecule has 4 nitrogen and oxygen atoms in total. The average Bonchev–Trinajstić information content (AvgIpc) is 2.33. The molecule has 1 aromatic carbocycles. The van der Waals surface area contributed by atoms with E-state index in [0.29, 0.717) is 15.7 Å². The van der Waals surface area contributed by atoms with Gasteiger partial charge in [0.25, 0.3) is 5.91 Å². The lowest BCUT2D eigenvalue weighted by atomic mass is 9.84. The number of carbonyl (C=O) groups is 2. The first-order valence-electron chi connectivity index (χ1n) is 6.26. The Kier molecular flexibility index (Phi) is 3.98. The van der Waals surface area contributed by atoms with Crippen LogP contribution in [0.2, 0.25) is 10.0 Å². The zero-order chi connectivity index (χ0) is 15.1. The van der Waals surface area contributed by atoms with Gasteiger partial charge < -0.3 is 5.32 Å². The average molecular weight is 315 g/mol. The highest BCUT2D eigenvalue weighted by atomic mass is 35.5. The lowest BCUT2D eigenvalue weighted by Gasteiger charge is -2.39. The maximum Gasteiger partial charge on any atom is 0.250 e. The molecule has 0 bridgehead atoms. The Hall–Kier alpha value is -1.26. The third-order valence-corrected chi connectivity index (χ3v) is 3.74. The molecule has 1 N–H and O–H groups in total. The van der Waals surface area contributed by atoms with Gasteiger partial charge >= 0.3 is 0 Å². The van der Waals surface area contributed by atoms with Crippen molar-refractivity contribution in [2.24, 2.45) is 5.41 Å². The topological polar surface area (TPSA) is 49.4 Å². The number of anilines is 1. The predicted octanol–water partition coefficient (Wildman–Crippen LogP) is 2.87. The molecule has 1 aliphatic heterocycles. The number of nitrogens with one attached hydrogen (secondary N) is 1. The molecule has 2 rings (SSSR count). The van der Waals surface area contributed by atoms with Crippen molar-refractivity contribution >= 4 is 40.7 Å². The van der Waals surface area contributed by atoms with Gasteiger partial charge in [-0.05, 0) is 23.6 Å². The van der Waals surface area contributed by atoms with Crippen molar-refractivity contribution in [1.29, 1.82) is 0 Å². The summed E-state index contributed by atoms with van der Waals surface area (Å²) in [5.74, 6) is -0.387. The summed E-state index contributed by atoms with van der Waals surface area (Å²) >= 11 is 12.1. The van der Waals surface area contributed by atoms with Gasteiger partial charge in [0, 0.05) is 5.02 Å². The van der Waals surface area contributed by atoms with Crippen LogP contribution in [0.3, 0.4) is 0 Å². The van der Waals surface area contributed by atoms with Gasteiger partial charge in [-0.25, -0.2) is 0 Å². The lowest BCUT2D eigenvalue weighted by molar-refractivity contribution is -0.133. The van der Waals surface area contributed by atoms with Crippen LogP contribution in [-0.4, -0.2) is 24.4 Å². The van der Waals surface area contributed by atoms with Crippen molar-refractivity contribution in [3.05, 3.63) is 28.2 Å². The molecule has 1 aromatic rings. The third kappa shape index (κ3) is 2.91. The fourth-order valence-corrected chi connectivity index (χ4v) is 2.52. The van der Waals surface area contributed by atoms with Crippen LogP contribution in [0.1, 0.15) is 20.8 Å². The molecule has 2 amide bonds. The maximum atomic E-state index is 12.6. The standard InChI is InChI=1S/C14H16Cl2N2O2/c1-14(2,3)12-13(20)18(7-11(19)17-12)10-6-8(15)4-5-9(10)16/h4-6,12H,7H2,1-3H3,(H,17,19). The number of amides is 2. The Morgan fingerprint density at radius 2 is 1.90 bits per heavy atom. The van der Waals surface area contributed by atoms with Gasteiger partial charge in [0.05, 0.1) is 10.7 Å². The summed E-state index contributed by atoms with van der Waals surface area (Å²) in [5, 5.41) is 3.60. The second kappa shape index (κ2) is 5.26. The van der Waals surface area contributed by atoms with Crippen molar-refractivity contribution in [2.45, 2.75) is 26.8 Å². The van der Waals surface area contributed by atoms with Crippen LogP contribution >= 0.6 is 23.2 Å². The quantitative estimate of drug-likeness (QED) is 0.866. The normalized spacial score (nSPS) is 20.1. The summed E-state index contributed by atoms with van der Waals surface area (Å²) in [6.45, 7) is 5.66. The Labute approximate surface area is 128 Å². The molecule has 0 saturated carbocycles. The summed E-state index contributed by atoms with van der Waals surface area (Å²) in [6, 6.07) is 4.27. The number of nitrogens with zero attached hydrogens (tertiary/aromatic N) is 1.